The Morgan fingerprint density at radius 2 is 2.05 bits per heavy atom. The fraction of sp³-hybridized carbons (Fsp3) is 0. The average molecular weight is 283 g/mol. The number of aromatic nitrogens is 4. The maximum absolute atomic E-state index is 11.7. The van der Waals surface area contributed by atoms with Crippen LogP contribution in [0.5, 0.6) is 0 Å². The molecule has 0 atom stereocenters. The molecule has 0 saturated carbocycles. The molecule has 3 aromatic rings. The third-order valence-corrected chi connectivity index (χ3v) is 2.89. The Labute approximate surface area is 117 Å². The number of nitrogens with zero attached hydrogens (tertiary/aromatic N) is 3. The van der Waals surface area contributed by atoms with Crippen LogP contribution in [0.4, 0.5) is 5.69 Å². The monoisotopic (exact) mass is 283 g/mol. The number of hydrogen-bond donors (Lipinski definition) is 2. The Morgan fingerprint density at radius 3 is 2.86 bits per heavy atom. The van der Waals surface area contributed by atoms with Crippen molar-refractivity contribution in [2.24, 2.45) is 0 Å². The molecular formula is C13H9N5O3. The van der Waals surface area contributed by atoms with E-state index in [1.807, 2.05) is 0 Å². The Bertz CT molecular complexity index is 909. The van der Waals surface area contributed by atoms with Crippen molar-refractivity contribution >= 4 is 28.9 Å². The minimum atomic E-state index is -0.464. The van der Waals surface area contributed by atoms with Crippen LogP contribution in [0.2, 0.25) is 0 Å². The number of H-pyrrole nitrogens is 2. The molecule has 0 aliphatic carbocycles. The van der Waals surface area contributed by atoms with Crippen molar-refractivity contribution < 1.29 is 4.92 Å². The zero-order valence-electron chi connectivity index (χ0n) is 10.6. The molecule has 104 valence electrons. The number of hydrogen-bond acceptors (Lipinski definition) is 5. The van der Waals surface area contributed by atoms with Gasteiger partial charge in [0.25, 0.3) is 11.2 Å². The number of fused-ring (bicyclic) bond motifs is 1. The molecule has 0 amide bonds. The summed E-state index contributed by atoms with van der Waals surface area (Å²) in [6, 6.07) is 6.31. The molecule has 0 fully saturated rings. The lowest BCUT2D eigenvalue weighted by molar-refractivity contribution is -0.385. The van der Waals surface area contributed by atoms with E-state index in [9.17, 15) is 14.9 Å². The molecule has 0 spiro atoms. The first kappa shape index (κ1) is 12.7. The molecule has 2 aromatic heterocycles. The average Bonchev–Trinajstić information content (AvgIpc) is 2.94. The number of nitro groups is 1. The standard InChI is InChI=1S/C13H9N5O3/c19-13-9-7-14-17-12(9)15-11(16-13)6-5-8-3-1-2-4-10(8)18(20)21/h1-7H,(H2,14,15,16,17,19)/b6-5+. The van der Waals surface area contributed by atoms with Crippen LogP contribution in [0.25, 0.3) is 23.2 Å². The van der Waals surface area contributed by atoms with Gasteiger partial charge in [-0.15, -0.1) is 0 Å². The van der Waals surface area contributed by atoms with Gasteiger partial charge in [0.15, 0.2) is 5.65 Å². The van der Waals surface area contributed by atoms with E-state index in [4.69, 9.17) is 0 Å². The second-order valence-corrected chi connectivity index (χ2v) is 4.23. The second-order valence-electron chi connectivity index (χ2n) is 4.23. The largest absolute Gasteiger partial charge is 0.306 e. The van der Waals surface area contributed by atoms with Gasteiger partial charge in [0.05, 0.1) is 16.7 Å². The van der Waals surface area contributed by atoms with E-state index in [1.54, 1.807) is 18.2 Å². The molecule has 0 aliphatic heterocycles. The fourth-order valence-corrected chi connectivity index (χ4v) is 1.91. The van der Waals surface area contributed by atoms with Gasteiger partial charge in [-0.05, 0) is 18.2 Å². The van der Waals surface area contributed by atoms with Crippen molar-refractivity contribution in [3.05, 3.63) is 62.3 Å². The van der Waals surface area contributed by atoms with Crippen molar-refractivity contribution in [1.29, 1.82) is 0 Å². The number of aromatic amines is 2. The summed E-state index contributed by atoms with van der Waals surface area (Å²) in [4.78, 5) is 28.9. The van der Waals surface area contributed by atoms with E-state index < -0.39 is 4.92 Å². The van der Waals surface area contributed by atoms with Crippen LogP contribution in [-0.2, 0) is 0 Å². The molecule has 0 saturated heterocycles. The molecule has 1 aromatic carbocycles. The van der Waals surface area contributed by atoms with E-state index >= 15 is 0 Å². The zero-order chi connectivity index (χ0) is 14.8. The predicted octanol–water partition coefficient (Wildman–Crippen LogP) is 1.72. The molecule has 0 aliphatic rings. The Kier molecular flexibility index (Phi) is 3.03. The highest BCUT2D eigenvalue weighted by Crippen LogP contribution is 2.19. The summed E-state index contributed by atoms with van der Waals surface area (Å²) in [7, 11) is 0. The molecular weight excluding hydrogens is 274 g/mol. The van der Waals surface area contributed by atoms with Crippen molar-refractivity contribution in [3.8, 4) is 0 Å². The van der Waals surface area contributed by atoms with Crippen LogP contribution in [0, 0.1) is 10.1 Å². The van der Waals surface area contributed by atoms with E-state index in [-0.39, 0.29) is 17.1 Å². The van der Waals surface area contributed by atoms with Crippen molar-refractivity contribution in [2.45, 2.75) is 0 Å². The van der Waals surface area contributed by atoms with Gasteiger partial charge in [-0.25, -0.2) is 4.98 Å². The summed E-state index contributed by atoms with van der Waals surface area (Å²) in [5, 5.41) is 17.6. The third-order valence-electron chi connectivity index (χ3n) is 2.89. The van der Waals surface area contributed by atoms with Crippen LogP contribution in [-0.4, -0.2) is 25.1 Å². The van der Waals surface area contributed by atoms with Gasteiger partial charge in [-0.3, -0.25) is 20.0 Å². The Hall–Kier alpha value is -3.29. The van der Waals surface area contributed by atoms with Crippen molar-refractivity contribution in [3.63, 3.8) is 0 Å². The van der Waals surface area contributed by atoms with Crippen LogP contribution in [0.1, 0.15) is 11.4 Å². The van der Waals surface area contributed by atoms with Gasteiger partial charge in [0, 0.05) is 6.07 Å². The van der Waals surface area contributed by atoms with E-state index in [1.165, 1.54) is 24.4 Å². The Balaban J connectivity index is 2.02. The lowest BCUT2D eigenvalue weighted by Crippen LogP contribution is -2.08. The van der Waals surface area contributed by atoms with Gasteiger partial charge >= 0.3 is 0 Å². The SMILES string of the molecule is O=c1[nH]c(/C=C/c2ccccc2[N+](=O)[O-])nc2[nH]ncc12. The van der Waals surface area contributed by atoms with Crippen molar-refractivity contribution in [2.75, 3.05) is 0 Å². The van der Waals surface area contributed by atoms with E-state index in [2.05, 4.69) is 20.2 Å². The molecule has 0 bridgehead atoms. The smallest absolute Gasteiger partial charge is 0.276 e. The van der Waals surface area contributed by atoms with E-state index in [0.717, 1.165) is 0 Å². The summed E-state index contributed by atoms with van der Waals surface area (Å²) in [5.74, 6) is 0.287. The molecule has 0 radical (unpaired) electrons. The molecule has 2 heterocycles. The predicted molar refractivity (Wildman–Crippen MR) is 76.5 cm³/mol. The maximum atomic E-state index is 11.7. The molecule has 21 heavy (non-hydrogen) atoms. The minimum Gasteiger partial charge on any atom is -0.306 e. The first-order chi connectivity index (χ1) is 10.1. The number of para-hydroxylation sites is 1. The van der Waals surface area contributed by atoms with Gasteiger partial charge < -0.3 is 4.98 Å². The first-order valence-corrected chi connectivity index (χ1v) is 6.00. The highest BCUT2D eigenvalue weighted by Gasteiger charge is 2.09. The van der Waals surface area contributed by atoms with Crippen LogP contribution in [0.15, 0.2) is 35.3 Å². The topological polar surface area (TPSA) is 118 Å². The van der Waals surface area contributed by atoms with Crippen LogP contribution >= 0.6 is 0 Å². The van der Waals surface area contributed by atoms with E-state index in [0.29, 0.717) is 16.6 Å². The quantitative estimate of drug-likeness (QED) is 0.560. The molecule has 2 N–H and O–H groups in total. The number of nitrogens with one attached hydrogen (secondary N) is 2. The van der Waals surface area contributed by atoms with Crippen molar-refractivity contribution in [1.82, 2.24) is 20.2 Å². The lowest BCUT2D eigenvalue weighted by Gasteiger charge is -1.97. The summed E-state index contributed by atoms with van der Waals surface area (Å²) in [6.07, 6.45) is 4.42. The molecule has 8 heteroatoms. The Morgan fingerprint density at radius 1 is 1.24 bits per heavy atom. The highest BCUT2D eigenvalue weighted by molar-refractivity contribution is 5.76. The first-order valence-electron chi connectivity index (χ1n) is 6.00. The normalized spacial score (nSPS) is 11.2. The van der Waals surface area contributed by atoms with Gasteiger partial charge in [-0.1, -0.05) is 12.1 Å². The number of rotatable bonds is 3. The highest BCUT2D eigenvalue weighted by atomic mass is 16.6. The zero-order valence-corrected chi connectivity index (χ0v) is 10.6. The summed E-state index contributed by atoms with van der Waals surface area (Å²) >= 11 is 0. The van der Waals surface area contributed by atoms with Gasteiger partial charge in [0.1, 0.15) is 11.2 Å². The minimum absolute atomic E-state index is 0.0151. The summed E-state index contributed by atoms with van der Waals surface area (Å²) < 4.78 is 0. The van der Waals surface area contributed by atoms with Crippen LogP contribution in [0.3, 0.4) is 0 Å². The molecule has 0 unspecified atom stereocenters. The second kappa shape index (κ2) is 5.00. The van der Waals surface area contributed by atoms with Gasteiger partial charge in [-0.2, -0.15) is 5.10 Å². The fourth-order valence-electron chi connectivity index (χ4n) is 1.91. The molecule has 8 nitrogen and oxygen atoms in total. The van der Waals surface area contributed by atoms with Crippen LogP contribution < -0.4 is 5.56 Å². The maximum Gasteiger partial charge on any atom is 0.276 e. The number of nitro benzene ring substituents is 1. The third kappa shape index (κ3) is 2.41. The summed E-state index contributed by atoms with van der Waals surface area (Å²) in [5.41, 5.74) is 0.450. The number of benzene rings is 1. The lowest BCUT2D eigenvalue weighted by atomic mass is 10.1. The van der Waals surface area contributed by atoms with Gasteiger partial charge in [0.2, 0.25) is 0 Å². The molecule has 3 rings (SSSR count). The summed E-state index contributed by atoms with van der Waals surface area (Å²) in [6.45, 7) is 0.